The van der Waals surface area contributed by atoms with E-state index in [1.54, 1.807) is 0 Å². The van der Waals surface area contributed by atoms with Crippen LogP contribution in [0.2, 0.25) is 0 Å². The summed E-state index contributed by atoms with van der Waals surface area (Å²) in [6.07, 6.45) is 2.73. The van der Waals surface area contributed by atoms with E-state index in [0.717, 1.165) is 24.9 Å². The van der Waals surface area contributed by atoms with Crippen LogP contribution in [0.25, 0.3) is 0 Å². The molecule has 1 aromatic rings. The summed E-state index contributed by atoms with van der Waals surface area (Å²) in [5.41, 5.74) is 2.86. The molecule has 0 radical (unpaired) electrons. The van der Waals surface area contributed by atoms with Gasteiger partial charge < -0.3 is 5.32 Å². The lowest BCUT2D eigenvalue weighted by Gasteiger charge is -2.33. The lowest BCUT2D eigenvalue weighted by molar-refractivity contribution is 0.152. The predicted octanol–water partition coefficient (Wildman–Crippen LogP) is 4.05. The van der Waals surface area contributed by atoms with Gasteiger partial charge in [-0.05, 0) is 48.9 Å². The summed E-state index contributed by atoms with van der Waals surface area (Å²) in [5.74, 6) is 1.78. The Balaban J connectivity index is 1.84. The van der Waals surface area contributed by atoms with Gasteiger partial charge in [0, 0.05) is 19.1 Å². The lowest BCUT2D eigenvalue weighted by atomic mass is 9.86. The number of nitrogens with one attached hydrogen (secondary N) is 1. The van der Waals surface area contributed by atoms with Gasteiger partial charge in [-0.15, -0.1) is 0 Å². The SMILES string of the molecule is CC(C)NCc1cccc(CN2CCC(C(C)C)CC2)c1. The molecule has 1 saturated heterocycles. The summed E-state index contributed by atoms with van der Waals surface area (Å²) in [5, 5.41) is 3.50. The Kier molecular flexibility index (Phi) is 6.25. The zero-order valence-corrected chi connectivity index (χ0v) is 14.2. The van der Waals surface area contributed by atoms with Crippen molar-refractivity contribution in [1.82, 2.24) is 10.2 Å². The third kappa shape index (κ3) is 5.44. The van der Waals surface area contributed by atoms with Crippen molar-refractivity contribution >= 4 is 0 Å². The molecule has 2 heteroatoms. The average Bonchev–Trinajstić information content (AvgIpc) is 2.46. The fraction of sp³-hybridized carbons (Fsp3) is 0.684. The number of hydrogen-bond acceptors (Lipinski definition) is 2. The Morgan fingerprint density at radius 2 is 1.76 bits per heavy atom. The summed E-state index contributed by atoms with van der Waals surface area (Å²) in [7, 11) is 0. The van der Waals surface area contributed by atoms with Gasteiger partial charge in [0.15, 0.2) is 0 Å². The molecule has 2 rings (SSSR count). The molecule has 1 aromatic carbocycles. The van der Waals surface area contributed by atoms with Crippen LogP contribution in [0.1, 0.15) is 51.7 Å². The van der Waals surface area contributed by atoms with Gasteiger partial charge in [0.2, 0.25) is 0 Å². The molecule has 1 heterocycles. The standard InChI is InChI=1S/C19H32N2/c1-15(2)19-8-10-21(11-9-19)14-18-7-5-6-17(12-18)13-20-16(3)4/h5-7,12,15-16,19-20H,8-11,13-14H2,1-4H3. The normalized spacial score (nSPS) is 17.8. The summed E-state index contributed by atoms with van der Waals surface area (Å²) < 4.78 is 0. The molecule has 1 N–H and O–H groups in total. The number of rotatable bonds is 6. The van der Waals surface area contributed by atoms with E-state index in [-0.39, 0.29) is 0 Å². The fourth-order valence-corrected chi connectivity index (χ4v) is 3.20. The molecule has 1 fully saturated rings. The van der Waals surface area contributed by atoms with Crippen molar-refractivity contribution in [3.05, 3.63) is 35.4 Å². The molecule has 118 valence electrons. The zero-order chi connectivity index (χ0) is 15.2. The molecule has 0 aliphatic carbocycles. The van der Waals surface area contributed by atoms with Crippen molar-refractivity contribution in [2.24, 2.45) is 11.8 Å². The van der Waals surface area contributed by atoms with Crippen LogP contribution in [0.5, 0.6) is 0 Å². The largest absolute Gasteiger partial charge is 0.310 e. The average molecular weight is 288 g/mol. The Hall–Kier alpha value is -0.860. The maximum absolute atomic E-state index is 3.50. The van der Waals surface area contributed by atoms with E-state index in [4.69, 9.17) is 0 Å². The minimum atomic E-state index is 0.545. The quantitative estimate of drug-likeness (QED) is 0.849. The molecule has 0 atom stereocenters. The first kappa shape index (κ1) is 16.5. The topological polar surface area (TPSA) is 15.3 Å². The predicted molar refractivity (Wildman–Crippen MR) is 91.3 cm³/mol. The number of likely N-dealkylation sites (tertiary alicyclic amines) is 1. The Morgan fingerprint density at radius 3 is 2.38 bits per heavy atom. The van der Waals surface area contributed by atoms with Crippen molar-refractivity contribution < 1.29 is 0 Å². The summed E-state index contributed by atoms with van der Waals surface area (Å²) in [6, 6.07) is 9.61. The number of hydrogen-bond donors (Lipinski definition) is 1. The van der Waals surface area contributed by atoms with Crippen molar-refractivity contribution in [2.75, 3.05) is 13.1 Å². The van der Waals surface area contributed by atoms with Crippen LogP contribution in [0, 0.1) is 11.8 Å². The summed E-state index contributed by atoms with van der Waals surface area (Å²) in [6.45, 7) is 13.7. The second kappa shape index (κ2) is 7.95. The summed E-state index contributed by atoms with van der Waals surface area (Å²) >= 11 is 0. The third-order valence-electron chi connectivity index (χ3n) is 4.69. The molecule has 1 aliphatic rings. The number of nitrogens with zero attached hydrogens (tertiary/aromatic N) is 1. The van der Waals surface area contributed by atoms with Crippen LogP contribution >= 0.6 is 0 Å². The highest BCUT2D eigenvalue weighted by molar-refractivity contribution is 5.23. The van der Waals surface area contributed by atoms with Gasteiger partial charge in [-0.3, -0.25) is 4.90 Å². The van der Waals surface area contributed by atoms with E-state index in [0.29, 0.717) is 6.04 Å². The van der Waals surface area contributed by atoms with Gasteiger partial charge in [0.25, 0.3) is 0 Å². The molecule has 21 heavy (non-hydrogen) atoms. The minimum absolute atomic E-state index is 0.545. The second-order valence-electron chi connectivity index (χ2n) is 7.21. The molecule has 0 amide bonds. The highest BCUT2D eigenvalue weighted by atomic mass is 15.1. The molecule has 0 unspecified atom stereocenters. The minimum Gasteiger partial charge on any atom is -0.310 e. The van der Waals surface area contributed by atoms with Crippen molar-refractivity contribution in [1.29, 1.82) is 0 Å². The van der Waals surface area contributed by atoms with Crippen LogP contribution < -0.4 is 5.32 Å². The zero-order valence-electron chi connectivity index (χ0n) is 14.2. The fourth-order valence-electron chi connectivity index (χ4n) is 3.20. The molecule has 1 aliphatic heterocycles. The highest BCUT2D eigenvalue weighted by Crippen LogP contribution is 2.25. The molecule has 0 aromatic heterocycles. The monoisotopic (exact) mass is 288 g/mol. The van der Waals surface area contributed by atoms with Gasteiger partial charge in [-0.1, -0.05) is 52.0 Å². The van der Waals surface area contributed by atoms with Gasteiger partial charge in [0.1, 0.15) is 0 Å². The molecule has 0 bridgehead atoms. The van der Waals surface area contributed by atoms with Gasteiger partial charge in [-0.25, -0.2) is 0 Å². The molecular formula is C19H32N2. The van der Waals surface area contributed by atoms with Crippen LogP contribution in [0.4, 0.5) is 0 Å². The summed E-state index contributed by atoms with van der Waals surface area (Å²) in [4.78, 5) is 2.62. The van der Waals surface area contributed by atoms with Gasteiger partial charge in [-0.2, -0.15) is 0 Å². The lowest BCUT2D eigenvalue weighted by Crippen LogP contribution is -2.34. The highest BCUT2D eigenvalue weighted by Gasteiger charge is 2.21. The van der Waals surface area contributed by atoms with Crippen LogP contribution in [0.3, 0.4) is 0 Å². The van der Waals surface area contributed by atoms with Crippen molar-refractivity contribution in [2.45, 2.75) is 59.7 Å². The van der Waals surface area contributed by atoms with Crippen LogP contribution in [-0.2, 0) is 13.1 Å². The maximum atomic E-state index is 3.50. The Labute approximate surface area is 130 Å². The van der Waals surface area contributed by atoms with E-state index in [1.807, 2.05) is 0 Å². The van der Waals surface area contributed by atoms with Crippen LogP contribution in [0.15, 0.2) is 24.3 Å². The van der Waals surface area contributed by atoms with E-state index in [1.165, 1.54) is 37.1 Å². The third-order valence-corrected chi connectivity index (χ3v) is 4.69. The van der Waals surface area contributed by atoms with E-state index in [2.05, 4.69) is 62.2 Å². The first-order valence-corrected chi connectivity index (χ1v) is 8.58. The smallest absolute Gasteiger partial charge is 0.0233 e. The van der Waals surface area contributed by atoms with E-state index >= 15 is 0 Å². The van der Waals surface area contributed by atoms with Gasteiger partial charge in [0.05, 0.1) is 0 Å². The first-order chi connectivity index (χ1) is 10.0. The second-order valence-corrected chi connectivity index (χ2v) is 7.21. The molecule has 0 spiro atoms. The Bertz CT molecular complexity index is 417. The number of piperidine rings is 1. The van der Waals surface area contributed by atoms with Crippen LogP contribution in [-0.4, -0.2) is 24.0 Å². The maximum Gasteiger partial charge on any atom is 0.0233 e. The molecule has 2 nitrogen and oxygen atoms in total. The van der Waals surface area contributed by atoms with Crippen molar-refractivity contribution in [3.8, 4) is 0 Å². The van der Waals surface area contributed by atoms with Crippen molar-refractivity contribution in [3.63, 3.8) is 0 Å². The van der Waals surface area contributed by atoms with E-state index < -0.39 is 0 Å². The van der Waals surface area contributed by atoms with Gasteiger partial charge >= 0.3 is 0 Å². The molecule has 0 saturated carbocycles. The first-order valence-electron chi connectivity index (χ1n) is 8.58. The number of benzene rings is 1. The Morgan fingerprint density at radius 1 is 1.10 bits per heavy atom. The van der Waals surface area contributed by atoms with E-state index in [9.17, 15) is 0 Å². The molecular weight excluding hydrogens is 256 g/mol.